The molecule has 2 heterocycles. The molecule has 1 aromatic carbocycles. The van der Waals surface area contributed by atoms with Crippen molar-refractivity contribution in [2.24, 2.45) is 0 Å². The number of rotatable bonds is 5. The number of ether oxygens (including phenoxy) is 3. The average molecular weight is 390 g/mol. The molecule has 0 fully saturated rings. The van der Waals surface area contributed by atoms with Crippen molar-refractivity contribution in [3.63, 3.8) is 0 Å². The molecule has 7 nitrogen and oxygen atoms in total. The summed E-state index contributed by atoms with van der Waals surface area (Å²) < 4.78 is 15.6. The van der Waals surface area contributed by atoms with Gasteiger partial charge in [-0.25, -0.2) is 4.79 Å². The van der Waals surface area contributed by atoms with Gasteiger partial charge in [-0.05, 0) is 31.2 Å². The third-order valence-electron chi connectivity index (χ3n) is 4.52. The Morgan fingerprint density at radius 2 is 1.78 bits per heavy atom. The molecule has 1 aliphatic rings. The van der Waals surface area contributed by atoms with E-state index in [0.717, 1.165) is 30.0 Å². The average Bonchev–Trinajstić information content (AvgIpc) is 3.03. The van der Waals surface area contributed by atoms with Crippen molar-refractivity contribution in [3.05, 3.63) is 39.8 Å². The summed E-state index contributed by atoms with van der Waals surface area (Å²) in [5.74, 6) is -0.0548. The van der Waals surface area contributed by atoms with E-state index in [9.17, 15) is 9.59 Å². The molecule has 0 unspecified atom stereocenters. The molecule has 1 aliphatic heterocycles. The summed E-state index contributed by atoms with van der Waals surface area (Å²) in [5, 5.41) is 3.35. The molecule has 1 aromatic heterocycles. The molecule has 0 spiro atoms. The second kappa shape index (κ2) is 7.98. The zero-order valence-electron chi connectivity index (χ0n) is 15.8. The number of fused-ring (bicyclic) bond motifs is 1. The van der Waals surface area contributed by atoms with Gasteiger partial charge >= 0.3 is 5.97 Å². The zero-order valence-corrected chi connectivity index (χ0v) is 16.6. The van der Waals surface area contributed by atoms with Crippen LogP contribution in [0, 0.1) is 0 Å². The minimum Gasteiger partial charge on any atom is -0.496 e. The highest BCUT2D eigenvalue weighted by atomic mass is 32.1. The fourth-order valence-electron chi connectivity index (χ4n) is 3.18. The lowest BCUT2D eigenvalue weighted by molar-refractivity contribution is 0.0600. The van der Waals surface area contributed by atoms with Gasteiger partial charge < -0.3 is 24.4 Å². The van der Waals surface area contributed by atoms with Crippen LogP contribution in [0.5, 0.6) is 11.5 Å². The van der Waals surface area contributed by atoms with Gasteiger partial charge in [-0.3, -0.25) is 4.79 Å². The fraction of sp³-hybridized carbons (Fsp3) is 0.368. The molecule has 2 aromatic rings. The number of esters is 1. The van der Waals surface area contributed by atoms with Crippen LogP contribution in [-0.4, -0.2) is 51.7 Å². The van der Waals surface area contributed by atoms with Gasteiger partial charge in [0.15, 0.2) is 0 Å². The first kappa shape index (κ1) is 19.2. The van der Waals surface area contributed by atoms with Crippen LogP contribution in [0.25, 0.3) is 0 Å². The fourth-order valence-corrected chi connectivity index (χ4v) is 4.49. The highest BCUT2D eigenvalue weighted by Crippen LogP contribution is 2.38. The van der Waals surface area contributed by atoms with Crippen molar-refractivity contribution in [2.45, 2.75) is 13.0 Å². The summed E-state index contributed by atoms with van der Waals surface area (Å²) in [6, 6.07) is 5.12. The number of nitrogens with zero attached hydrogens (tertiary/aromatic N) is 1. The van der Waals surface area contributed by atoms with Crippen molar-refractivity contribution < 1.29 is 23.8 Å². The van der Waals surface area contributed by atoms with Gasteiger partial charge in [-0.1, -0.05) is 6.07 Å². The van der Waals surface area contributed by atoms with Crippen LogP contribution in [0.2, 0.25) is 0 Å². The number of methoxy groups -OCH3 is 3. The lowest BCUT2D eigenvalue weighted by Gasteiger charge is -2.22. The summed E-state index contributed by atoms with van der Waals surface area (Å²) in [4.78, 5) is 28.6. The largest absolute Gasteiger partial charge is 0.496 e. The number of nitrogens with one attached hydrogen (secondary N) is 1. The number of carbonyl (C=O) groups is 2. The van der Waals surface area contributed by atoms with E-state index >= 15 is 0 Å². The van der Waals surface area contributed by atoms with Crippen LogP contribution in [-0.2, 0) is 17.7 Å². The van der Waals surface area contributed by atoms with Gasteiger partial charge in [-0.2, -0.15) is 0 Å². The standard InChI is InChI=1S/C19H22N2O5S/c1-21-9-8-11-14(10-21)27-18(15(11)19(23)26-4)20-17(22)16-12(24-2)6-5-7-13(16)25-3/h5-7H,8-10H2,1-4H3,(H,20,22). The normalized spacial score (nSPS) is 13.6. The summed E-state index contributed by atoms with van der Waals surface area (Å²) in [5.41, 5.74) is 1.67. The minimum absolute atomic E-state index is 0.279. The molecule has 1 N–H and O–H groups in total. The number of carbonyl (C=O) groups excluding carboxylic acids is 2. The van der Waals surface area contributed by atoms with E-state index in [1.54, 1.807) is 18.2 Å². The topological polar surface area (TPSA) is 77.1 Å². The first-order valence-electron chi connectivity index (χ1n) is 8.43. The Morgan fingerprint density at radius 3 is 2.37 bits per heavy atom. The van der Waals surface area contributed by atoms with Crippen molar-refractivity contribution in [2.75, 3.05) is 40.2 Å². The van der Waals surface area contributed by atoms with Gasteiger partial charge in [0, 0.05) is 18.0 Å². The van der Waals surface area contributed by atoms with Gasteiger partial charge in [-0.15, -0.1) is 11.3 Å². The van der Waals surface area contributed by atoms with Crippen molar-refractivity contribution >= 4 is 28.2 Å². The molecular formula is C19H22N2O5S. The molecule has 27 heavy (non-hydrogen) atoms. The first-order chi connectivity index (χ1) is 13.0. The van der Waals surface area contributed by atoms with Gasteiger partial charge in [0.05, 0.1) is 26.9 Å². The molecule has 0 aliphatic carbocycles. The minimum atomic E-state index is -0.445. The monoisotopic (exact) mass is 390 g/mol. The molecule has 1 amide bonds. The molecule has 8 heteroatoms. The van der Waals surface area contributed by atoms with Crippen LogP contribution in [0.4, 0.5) is 5.00 Å². The Kier molecular flexibility index (Phi) is 5.67. The Morgan fingerprint density at radius 1 is 1.11 bits per heavy atom. The number of anilines is 1. The van der Waals surface area contributed by atoms with E-state index in [-0.39, 0.29) is 5.56 Å². The molecule has 0 saturated heterocycles. The third kappa shape index (κ3) is 3.63. The van der Waals surface area contributed by atoms with Crippen LogP contribution >= 0.6 is 11.3 Å². The van der Waals surface area contributed by atoms with E-state index in [2.05, 4.69) is 10.2 Å². The van der Waals surface area contributed by atoms with E-state index in [1.165, 1.54) is 32.7 Å². The maximum absolute atomic E-state index is 13.0. The van der Waals surface area contributed by atoms with Crippen molar-refractivity contribution in [1.82, 2.24) is 4.90 Å². The first-order valence-corrected chi connectivity index (χ1v) is 9.25. The second-order valence-corrected chi connectivity index (χ2v) is 7.28. The molecule has 3 rings (SSSR count). The Labute approximate surface area is 161 Å². The number of benzene rings is 1. The number of likely N-dealkylation sites (N-methyl/N-ethyl adjacent to an activating group) is 1. The van der Waals surface area contributed by atoms with Crippen LogP contribution in [0.1, 0.15) is 31.2 Å². The maximum atomic E-state index is 13.0. The van der Waals surface area contributed by atoms with E-state index in [1.807, 2.05) is 7.05 Å². The highest BCUT2D eigenvalue weighted by Gasteiger charge is 2.29. The summed E-state index contributed by atoms with van der Waals surface area (Å²) in [6.07, 6.45) is 0.737. The molecule has 144 valence electrons. The van der Waals surface area contributed by atoms with Crippen LogP contribution in [0.15, 0.2) is 18.2 Å². The van der Waals surface area contributed by atoms with Gasteiger partial charge in [0.1, 0.15) is 22.1 Å². The van der Waals surface area contributed by atoms with E-state index < -0.39 is 11.9 Å². The molecule has 0 saturated carbocycles. The summed E-state index contributed by atoms with van der Waals surface area (Å²) in [6.45, 7) is 1.58. The zero-order chi connectivity index (χ0) is 19.6. The van der Waals surface area contributed by atoms with Gasteiger partial charge in [0.25, 0.3) is 5.91 Å². The highest BCUT2D eigenvalue weighted by molar-refractivity contribution is 7.17. The lowest BCUT2D eigenvalue weighted by Crippen LogP contribution is -2.26. The predicted octanol–water partition coefficient (Wildman–Crippen LogP) is 2.79. The SMILES string of the molecule is COC(=O)c1c(NC(=O)c2c(OC)cccc2OC)sc2c1CCN(C)C2. The van der Waals surface area contributed by atoms with Crippen molar-refractivity contribution in [3.8, 4) is 11.5 Å². The van der Waals surface area contributed by atoms with E-state index in [4.69, 9.17) is 14.2 Å². The number of hydrogen-bond acceptors (Lipinski definition) is 7. The summed E-state index contributed by atoms with van der Waals surface area (Å²) >= 11 is 1.40. The van der Waals surface area contributed by atoms with Crippen molar-refractivity contribution in [1.29, 1.82) is 0 Å². The van der Waals surface area contributed by atoms with Crippen LogP contribution < -0.4 is 14.8 Å². The number of hydrogen-bond donors (Lipinski definition) is 1. The van der Waals surface area contributed by atoms with Crippen LogP contribution in [0.3, 0.4) is 0 Å². The lowest BCUT2D eigenvalue weighted by atomic mass is 10.0. The Bertz CT molecular complexity index is 855. The number of amides is 1. The summed E-state index contributed by atoms with van der Waals surface area (Å²) in [7, 11) is 6.35. The van der Waals surface area contributed by atoms with Gasteiger partial charge in [0.2, 0.25) is 0 Å². The molecule has 0 bridgehead atoms. The second-order valence-electron chi connectivity index (χ2n) is 6.18. The van der Waals surface area contributed by atoms with E-state index in [0.29, 0.717) is 22.1 Å². The Balaban J connectivity index is 2.01. The smallest absolute Gasteiger partial charge is 0.341 e. The maximum Gasteiger partial charge on any atom is 0.341 e. The molecule has 0 atom stereocenters. The molecular weight excluding hydrogens is 368 g/mol. The third-order valence-corrected chi connectivity index (χ3v) is 5.65. The quantitative estimate of drug-likeness (QED) is 0.791. The number of thiophene rings is 1. The molecule has 0 radical (unpaired) electrons. The Hall–Kier alpha value is -2.58. The predicted molar refractivity (Wildman–Crippen MR) is 103 cm³/mol.